The fourth-order valence-corrected chi connectivity index (χ4v) is 2.36. The Morgan fingerprint density at radius 3 is 3.00 bits per heavy atom. The number of rotatable bonds is 2. The van der Waals surface area contributed by atoms with Crippen molar-refractivity contribution in [1.29, 1.82) is 0 Å². The van der Waals surface area contributed by atoms with E-state index in [-0.39, 0.29) is 0 Å². The zero-order chi connectivity index (χ0) is 11.8. The number of aromatic nitrogens is 3. The van der Waals surface area contributed by atoms with Crippen molar-refractivity contribution in [2.75, 3.05) is 25.5 Å². The maximum Gasteiger partial charge on any atom is 0.179 e. The summed E-state index contributed by atoms with van der Waals surface area (Å²) < 4.78 is 1.98. The minimum atomic E-state index is 0.508. The van der Waals surface area contributed by atoms with Crippen LogP contribution in [0.3, 0.4) is 0 Å². The molecule has 17 heavy (non-hydrogen) atoms. The molecule has 0 radical (unpaired) electrons. The molecule has 0 spiro atoms. The topological polar surface area (TPSA) is 46.0 Å². The molecule has 1 atom stereocenters. The molecule has 90 valence electrons. The van der Waals surface area contributed by atoms with Gasteiger partial charge in [0.15, 0.2) is 5.65 Å². The molecule has 1 fully saturated rings. The van der Waals surface area contributed by atoms with Crippen molar-refractivity contribution in [3.8, 4) is 0 Å². The highest BCUT2D eigenvalue weighted by atomic mass is 15.2. The Kier molecular flexibility index (Phi) is 2.48. The van der Waals surface area contributed by atoms with Crippen molar-refractivity contribution in [2.24, 2.45) is 7.05 Å². The molecule has 1 N–H and O–H groups in total. The number of anilines is 1. The fraction of sp³-hybridized carbons (Fsp3) is 0.500. The third kappa shape index (κ3) is 1.98. The zero-order valence-corrected chi connectivity index (χ0v) is 10.2. The van der Waals surface area contributed by atoms with Crippen LogP contribution in [0.2, 0.25) is 0 Å². The summed E-state index contributed by atoms with van der Waals surface area (Å²) in [7, 11) is 4.13. The molecule has 1 unspecified atom stereocenters. The minimum Gasteiger partial charge on any atom is -0.366 e. The summed E-state index contributed by atoms with van der Waals surface area (Å²) in [6.07, 6.45) is 2.98. The zero-order valence-electron chi connectivity index (χ0n) is 10.2. The van der Waals surface area contributed by atoms with Gasteiger partial charge in [-0.3, -0.25) is 0 Å². The number of pyridine rings is 1. The Morgan fingerprint density at radius 2 is 2.24 bits per heavy atom. The molecule has 5 heteroatoms. The van der Waals surface area contributed by atoms with Gasteiger partial charge in [0.05, 0.1) is 11.8 Å². The Labute approximate surface area is 100 Å². The predicted molar refractivity (Wildman–Crippen MR) is 68.0 cm³/mol. The van der Waals surface area contributed by atoms with Gasteiger partial charge in [0.25, 0.3) is 0 Å². The predicted octanol–water partition coefficient (Wildman–Crippen LogP) is 1.08. The minimum absolute atomic E-state index is 0.508. The molecule has 5 nitrogen and oxygen atoms in total. The number of likely N-dealkylation sites (N-methyl/N-ethyl adjacent to an activating group) is 1. The Bertz CT molecular complexity index is 533. The first kappa shape index (κ1) is 10.5. The molecule has 1 aliphatic rings. The Balaban J connectivity index is 1.81. The first-order valence-electron chi connectivity index (χ1n) is 5.95. The number of hydrogen-bond acceptors (Lipinski definition) is 4. The number of aryl methyl sites for hydroxylation is 1. The van der Waals surface area contributed by atoms with Gasteiger partial charge >= 0.3 is 0 Å². The van der Waals surface area contributed by atoms with Crippen molar-refractivity contribution in [3.63, 3.8) is 0 Å². The van der Waals surface area contributed by atoms with E-state index < -0.39 is 0 Å². The fourth-order valence-electron chi connectivity index (χ4n) is 2.36. The van der Waals surface area contributed by atoms with Gasteiger partial charge in [-0.15, -0.1) is 0 Å². The SMILES string of the molecule is CN1CCC(Nc2ccc3c(ncn3C)n2)C1. The summed E-state index contributed by atoms with van der Waals surface area (Å²) in [5.41, 5.74) is 1.88. The van der Waals surface area contributed by atoms with Gasteiger partial charge in [-0.25, -0.2) is 9.97 Å². The van der Waals surface area contributed by atoms with Crippen molar-refractivity contribution in [1.82, 2.24) is 19.4 Å². The molecule has 1 aliphatic heterocycles. The van der Waals surface area contributed by atoms with Gasteiger partial charge in [-0.05, 0) is 32.1 Å². The molecule has 0 amide bonds. The van der Waals surface area contributed by atoms with Gasteiger partial charge in [0.1, 0.15) is 5.82 Å². The molecule has 3 rings (SSSR count). The van der Waals surface area contributed by atoms with Gasteiger partial charge in [0, 0.05) is 19.6 Å². The monoisotopic (exact) mass is 231 g/mol. The van der Waals surface area contributed by atoms with Crippen LogP contribution in [0, 0.1) is 0 Å². The number of fused-ring (bicyclic) bond motifs is 1. The van der Waals surface area contributed by atoms with Gasteiger partial charge in [-0.1, -0.05) is 0 Å². The standard InChI is InChI=1S/C12H17N5/c1-16-6-5-9(7-16)14-11-4-3-10-12(15-11)13-8-17(10)2/h3-4,8-9H,5-7H2,1-2H3,(H,14,15). The van der Waals surface area contributed by atoms with Gasteiger partial charge in [-0.2, -0.15) is 0 Å². The highest BCUT2D eigenvalue weighted by molar-refractivity contribution is 5.73. The van der Waals surface area contributed by atoms with Gasteiger partial charge in [0.2, 0.25) is 0 Å². The number of nitrogens with one attached hydrogen (secondary N) is 1. The second-order valence-electron chi connectivity index (χ2n) is 4.79. The van der Waals surface area contributed by atoms with E-state index in [1.165, 1.54) is 6.42 Å². The largest absolute Gasteiger partial charge is 0.366 e. The maximum absolute atomic E-state index is 4.52. The van der Waals surface area contributed by atoms with E-state index in [0.29, 0.717) is 6.04 Å². The van der Waals surface area contributed by atoms with Crippen molar-refractivity contribution in [2.45, 2.75) is 12.5 Å². The molecular formula is C12H17N5. The lowest BCUT2D eigenvalue weighted by molar-refractivity contribution is 0.414. The summed E-state index contributed by atoms with van der Waals surface area (Å²) in [4.78, 5) is 11.1. The van der Waals surface area contributed by atoms with E-state index in [4.69, 9.17) is 0 Å². The van der Waals surface area contributed by atoms with Crippen molar-refractivity contribution in [3.05, 3.63) is 18.5 Å². The van der Waals surface area contributed by atoms with Crippen molar-refractivity contribution >= 4 is 17.0 Å². The van der Waals surface area contributed by atoms with Crippen LogP contribution < -0.4 is 5.32 Å². The van der Waals surface area contributed by atoms with E-state index >= 15 is 0 Å². The number of hydrogen-bond donors (Lipinski definition) is 1. The lowest BCUT2D eigenvalue weighted by Crippen LogP contribution is -2.23. The first-order valence-corrected chi connectivity index (χ1v) is 5.95. The molecular weight excluding hydrogens is 214 g/mol. The Morgan fingerprint density at radius 1 is 1.35 bits per heavy atom. The third-order valence-corrected chi connectivity index (χ3v) is 3.33. The quantitative estimate of drug-likeness (QED) is 0.840. The molecule has 1 saturated heterocycles. The smallest absolute Gasteiger partial charge is 0.179 e. The van der Waals surface area contributed by atoms with Gasteiger partial charge < -0.3 is 14.8 Å². The van der Waals surface area contributed by atoms with Crippen LogP contribution in [0.25, 0.3) is 11.2 Å². The molecule has 2 aromatic heterocycles. The summed E-state index contributed by atoms with van der Waals surface area (Å²) in [6, 6.07) is 4.60. The molecule has 0 bridgehead atoms. The van der Waals surface area contributed by atoms with Crippen LogP contribution in [0.5, 0.6) is 0 Å². The van der Waals surface area contributed by atoms with Crippen LogP contribution in [0.15, 0.2) is 18.5 Å². The first-order chi connectivity index (χ1) is 8.22. The van der Waals surface area contributed by atoms with E-state index in [1.54, 1.807) is 6.33 Å². The van der Waals surface area contributed by atoms with Crippen LogP contribution in [0.1, 0.15) is 6.42 Å². The second-order valence-corrected chi connectivity index (χ2v) is 4.79. The lowest BCUT2D eigenvalue weighted by Gasteiger charge is -2.13. The summed E-state index contributed by atoms with van der Waals surface area (Å²) in [5, 5.41) is 3.47. The highest BCUT2D eigenvalue weighted by Crippen LogP contribution is 2.16. The molecule has 3 heterocycles. The number of nitrogens with zero attached hydrogens (tertiary/aromatic N) is 4. The van der Waals surface area contributed by atoms with Crippen LogP contribution in [-0.4, -0.2) is 45.6 Å². The maximum atomic E-state index is 4.52. The van der Waals surface area contributed by atoms with E-state index in [2.05, 4.69) is 33.3 Å². The third-order valence-electron chi connectivity index (χ3n) is 3.33. The number of likely N-dealkylation sites (tertiary alicyclic amines) is 1. The average Bonchev–Trinajstić information content (AvgIpc) is 2.87. The second kappa shape index (κ2) is 4.00. The van der Waals surface area contributed by atoms with Crippen LogP contribution in [-0.2, 0) is 7.05 Å². The average molecular weight is 231 g/mol. The summed E-state index contributed by atoms with van der Waals surface area (Å²) >= 11 is 0. The molecule has 0 aliphatic carbocycles. The van der Waals surface area contributed by atoms with E-state index in [9.17, 15) is 0 Å². The van der Waals surface area contributed by atoms with E-state index in [1.807, 2.05) is 17.7 Å². The van der Waals surface area contributed by atoms with Crippen molar-refractivity contribution < 1.29 is 0 Å². The summed E-state index contributed by atoms with van der Waals surface area (Å²) in [5.74, 6) is 0.927. The molecule has 0 aromatic carbocycles. The molecule has 2 aromatic rings. The van der Waals surface area contributed by atoms with Crippen LogP contribution in [0.4, 0.5) is 5.82 Å². The van der Waals surface area contributed by atoms with Crippen LogP contribution >= 0.6 is 0 Å². The summed E-state index contributed by atoms with van der Waals surface area (Å²) in [6.45, 7) is 2.24. The Hall–Kier alpha value is -1.62. The normalized spacial score (nSPS) is 21.2. The van der Waals surface area contributed by atoms with E-state index in [0.717, 1.165) is 30.1 Å². The highest BCUT2D eigenvalue weighted by Gasteiger charge is 2.19. The lowest BCUT2D eigenvalue weighted by atomic mass is 10.2. The molecule has 0 saturated carbocycles. The number of imidazole rings is 1.